The molecule has 0 aliphatic carbocycles. The molecule has 2 heterocycles. The summed E-state index contributed by atoms with van der Waals surface area (Å²) in [4.78, 5) is 45.7. The summed E-state index contributed by atoms with van der Waals surface area (Å²) in [7, 11) is 1.76. The van der Waals surface area contributed by atoms with Crippen molar-refractivity contribution in [3.8, 4) is 0 Å². The molecule has 210 valence electrons. The van der Waals surface area contributed by atoms with E-state index in [1.807, 2.05) is 47.8 Å². The fourth-order valence-electron chi connectivity index (χ4n) is 4.96. The number of nitrogens with zero attached hydrogens (tertiary/aromatic N) is 3. The molecule has 4 aromatic rings. The Hall–Kier alpha value is -4.50. The number of carbonyl (C=O) groups is 3. The van der Waals surface area contributed by atoms with Crippen LogP contribution in [0.5, 0.6) is 0 Å². The number of thiophene rings is 1. The van der Waals surface area contributed by atoms with E-state index in [9.17, 15) is 18.8 Å². The van der Waals surface area contributed by atoms with Crippen LogP contribution in [0, 0.1) is 5.82 Å². The molecule has 1 saturated heterocycles. The molecular weight excluding hydrogens is 539 g/mol. The minimum atomic E-state index is -0.443. The summed E-state index contributed by atoms with van der Waals surface area (Å²) in [5, 5.41) is 4.75. The number of anilines is 2. The molecule has 7 nitrogen and oxygen atoms in total. The van der Waals surface area contributed by atoms with E-state index in [1.54, 1.807) is 41.1 Å². The number of nitrogens with one attached hydrogen (secondary N) is 1. The molecule has 0 spiro atoms. The average Bonchev–Trinajstić information content (AvgIpc) is 3.42. The van der Waals surface area contributed by atoms with Gasteiger partial charge in [-0.25, -0.2) is 4.39 Å². The number of hydrogen-bond acceptors (Lipinski definition) is 5. The molecule has 0 atom stereocenters. The van der Waals surface area contributed by atoms with Gasteiger partial charge < -0.3 is 20.0 Å². The molecule has 3 aromatic carbocycles. The van der Waals surface area contributed by atoms with Gasteiger partial charge in [-0.3, -0.25) is 14.4 Å². The Bertz CT molecular complexity index is 1530. The van der Waals surface area contributed by atoms with Crippen LogP contribution >= 0.6 is 11.3 Å². The molecule has 1 N–H and O–H groups in total. The molecule has 41 heavy (non-hydrogen) atoms. The second kappa shape index (κ2) is 12.8. The van der Waals surface area contributed by atoms with Crippen LogP contribution in [0.1, 0.15) is 42.4 Å². The van der Waals surface area contributed by atoms with E-state index < -0.39 is 5.82 Å². The maximum Gasteiger partial charge on any atom is 0.265 e. The lowest BCUT2D eigenvalue weighted by molar-refractivity contribution is 0.0763. The Kier molecular flexibility index (Phi) is 8.74. The second-order valence-corrected chi connectivity index (χ2v) is 10.9. The van der Waals surface area contributed by atoms with Crippen molar-refractivity contribution in [1.82, 2.24) is 9.80 Å². The van der Waals surface area contributed by atoms with Gasteiger partial charge in [-0.05, 0) is 59.8 Å². The van der Waals surface area contributed by atoms with Gasteiger partial charge in [0.15, 0.2) is 0 Å². The second-order valence-electron chi connectivity index (χ2n) is 9.95. The lowest BCUT2D eigenvalue weighted by Gasteiger charge is -2.28. The van der Waals surface area contributed by atoms with Crippen LogP contribution in [0.15, 0.2) is 90.3 Å². The Morgan fingerprint density at radius 2 is 1.73 bits per heavy atom. The number of benzene rings is 3. The summed E-state index contributed by atoms with van der Waals surface area (Å²) in [5.41, 5.74) is 3.07. The van der Waals surface area contributed by atoms with Gasteiger partial charge in [0.25, 0.3) is 17.7 Å². The van der Waals surface area contributed by atoms with E-state index in [2.05, 4.69) is 10.2 Å². The van der Waals surface area contributed by atoms with Crippen molar-refractivity contribution in [2.75, 3.05) is 43.4 Å². The van der Waals surface area contributed by atoms with E-state index in [-0.39, 0.29) is 17.7 Å². The standard InChI is InChI=1S/C32H31FN4O3S/c1-35(22-23-8-3-2-4-9-23)32(40)27-21-26(34-30(38)29-12-6-19-41-29)13-14-28(27)36-15-7-16-37(18-17-36)31(39)24-10-5-11-25(33)20-24/h2-6,8-14,19-21H,7,15-18,22H2,1H3,(H,34,38). The molecule has 1 fully saturated rings. The van der Waals surface area contributed by atoms with Crippen LogP contribution in [0.2, 0.25) is 0 Å². The number of halogens is 1. The van der Waals surface area contributed by atoms with Crippen molar-refractivity contribution in [2.45, 2.75) is 13.0 Å². The quantitative estimate of drug-likeness (QED) is 0.307. The Morgan fingerprint density at radius 1 is 0.902 bits per heavy atom. The Labute approximate surface area is 242 Å². The van der Waals surface area contributed by atoms with Gasteiger partial charge in [0, 0.05) is 56.7 Å². The number of rotatable bonds is 7. The molecule has 0 saturated carbocycles. The van der Waals surface area contributed by atoms with E-state index in [1.165, 1.54) is 29.5 Å². The van der Waals surface area contributed by atoms with E-state index in [0.29, 0.717) is 60.8 Å². The molecule has 0 unspecified atom stereocenters. The van der Waals surface area contributed by atoms with Crippen LogP contribution in [0.3, 0.4) is 0 Å². The summed E-state index contributed by atoms with van der Waals surface area (Å²) in [6.45, 7) is 2.53. The highest BCUT2D eigenvalue weighted by Crippen LogP contribution is 2.28. The van der Waals surface area contributed by atoms with Gasteiger partial charge in [0.2, 0.25) is 0 Å². The summed E-state index contributed by atoms with van der Waals surface area (Å²) in [6, 6.07) is 24.5. The first-order valence-corrected chi connectivity index (χ1v) is 14.3. The average molecular weight is 571 g/mol. The van der Waals surface area contributed by atoms with Crippen LogP contribution < -0.4 is 10.2 Å². The molecule has 1 aromatic heterocycles. The van der Waals surface area contributed by atoms with E-state index >= 15 is 0 Å². The first kappa shape index (κ1) is 28.0. The third-order valence-electron chi connectivity index (χ3n) is 7.03. The molecule has 0 radical (unpaired) electrons. The summed E-state index contributed by atoms with van der Waals surface area (Å²) < 4.78 is 13.7. The van der Waals surface area contributed by atoms with Gasteiger partial charge in [-0.2, -0.15) is 0 Å². The third kappa shape index (κ3) is 6.81. The van der Waals surface area contributed by atoms with Gasteiger partial charge in [-0.15, -0.1) is 11.3 Å². The van der Waals surface area contributed by atoms with E-state index in [0.717, 1.165) is 11.3 Å². The lowest BCUT2D eigenvalue weighted by atomic mass is 10.1. The highest BCUT2D eigenvalue weighted by molar-refractivity contribution is 7.12. The summed E-state index contributed by atoms with van der Waals surface area (Å²) >= 11 is 1.35. The van der Waals surface area contributed by atoms with Crippen molar-refractivity contribution in [3.05, 3.63) is 118 Å². The fourth-order valence-corrected chi connectivity index (χ4v) is 5.58. The zero-order valence-electron chi connectivity index (χ0n) is 22.8. The topological polar surface area (TPSA) is 73.0 Å². The van der Waals surface area contributed by atoms with Gasteiger partial charge in [-0.1, -0.05) is 42.5 Å². The Balaban J connectivity index is 1.39. The molecule has 3 amide bonds. The van der Waals surface area contributed by atoms with Crippen molar-refractivity contribution >= 4 is 40.4 Å². The smallest absolute Gasteiger partial charge is 0.265 e. The molecule has 9 heteroatoms. The molecule has 5 rings (SSSR count). The van der Waals surface area contributed by atoms with Crippen molar-refractivity contribution in [1.29, 1.82) is 0 Å². The molecule has 0 bridgehead atoms. The molecular formula is C32H31FN4O3S. The minimum absolute atomic E-state index is 0.173. The Morgan fingerprint density at radius 3 is 2.49 bits per heavy atom. The highest BCUT2D eigenvalue weighted by atomic mass is 32.1. The third-order valence-corrected chi connectivity index (χ3v) is 7.90. The predicted molar refractivity (Wildman–Crippen MR) is 160 cm³/mol. The highest BCUT2D eigenvalue weighted by Gasteiger charge is 2.25. The lowest BCUT2D eigenvalue weighted by Crippen LogP contribution is -2.36. The molecule has 1 aliphatic heterocycles. The van der Waals surface area contributed by atoms with Crippen LogP contribution in [-0.4, -0.2) is 60.7 Å². The zero-order chi connectivity index (χ0) is 28.8. The first-order valence-electron chi connectivity index (χ1n) is 13.5. The maximum absolute atomic E-state index is 13.8. The number of hydrogen-bond donors (Lipinski definition) is 1. The normalized spacial score (nSPS) is 13.4. The van der Waals surface area contributed by atoms with Crippen LogP contribution in [0.25, 0.3) is 0 Å². The predicted octanol–water partition coefficient (Wildman–Crippen LogP) is 5.76. The fraction of sp³-hybridized carbons (Fsp3) is 0.219. The van der Waals surface area contributed by atoms with Crippen LogP contribution in [-0.2, 0) is 6.54 Å². The van der Waals surface area contributed by atoms with E-state index in [4.69, 9.17) is 0 Å². The first-order chi connectivity index (χ1) is 19.9. The monoisotopic (exact) mass is 570 g/mol. The van der Waals surface area contributed by atoms with Gasteiger partial charge in [0.05, 0.1) is 10.4 Å². The minimum Gasteiger partial charge on any atom is -0.369 e. The van der Waals surface area contributed by atoms with Crippen molar-refractivity contribution < 1.29 is 18.8 Å². The number of amides is 3. The van der Waals surface area contributed by atoms with Gasteiger partial charge in [0.1, 0.15) is 5.82 Å². The van der Waals surface area contributed by atoms with Crippen molar-refractivity contribution in [3.63, 3.8) is 0 Å². The van der Waals surface area contributed by atoms with Gasteiger partial charge >= 0.3 is 0 Å². The summed E-state index contributed by atoms with van der Waals surface area (Å²) in [5.74, 6) is -1.06. The van der Waals surface area contributed by atoms with Crippen molar-refractivity contribution in [2.24, 2.45) is 0 Å². The SMILES string of the molecule is CN(Cc1ccccc1)C(=O)c1cc(NC(=O)c2cccs2)ccc1N1CCCN(C(=O)c2cccc(F)c2)CC1. The number of carbonyl (C=O) groups excluding carboxylic acids is 3. The van der Waals surface area contributed by atoms with Crippen LogP contribution in [0.4, 0.5) is 15.8 Å². The maximum atomic E-state index is 13.8. The summed E-state index contributed by atoms with van der Waals surface area (Å²) in [6.07, 6.45) is 0.686. The molecule has 1 aliphatic rings. The largest absolute Gasteiger partial charge is 0.369 e. The zero-order valence-corrected chi connectivity index (χ0v) is 23.6.